The van der Waals surface area contributed by atoms with E-state index >= 15 is 0 Å². The Bertz CT molecular complexity index is 1080. The molecule has 0 saturated heterocycles. The van der Waals surface area contributed by atoms with Crippen LogP contribution in [0.5, 0.6) is 0 Å². The van der Waals surface area contributed by atoms with Crippen LogP contribution in [-0.2, 0) is 6.54 Å². The van der Waals surface area contributed by atoms with Crippen LogP contribution >= 0.6 is 11.3 Å². The number of nitrogens with zero attached hydrogens (tertiary/aromatic N) is 4. The molecule has 3 aromatic heterocycles. The van der Waals surface area contributed by atoms with Crippen LogP contribution in [0.25, 0.3) is 22.2 Å². The number of thiazole rings is 1. The van der Waals surface area contributed by atoms with E-state index in [2.05, 4.69) is 15.2 Å². The molecule has 0 bridgehead atoms. The highest BCUT2D eigenvalue weighted by Gasteiger charge is 2.22. The van der Waals surface area contributed by atoms with E-state index in [0.717, 1.165) is 17.0 Å². The lowest BCUT2D eigenvalue weighted by atomic mass is 10.2. The summed E-state index contributed by atoms with van der Waals surface area (Å²) in [5.41, 5.74) is 2.61. The zero-order valence-corrected chi connectivity index (χ0v) is 17.0. The third-order valence-electron chi connectivity index (χ3n) is 4.33. The Hall–Kier alpha value is -3.26. The highest BCUT2D eigenvalue weighted by Crippen LogP contribution is 2.25. The van der Waals surface area contributed by atoms with Gasteiger partial charge in [-0.1, -0.05) is 36.8 Å². The van der Waals surface area contributed by atoms with Gasteiger partial charge in [0.1, 0.15) is 10.7 Å². The normalized spacial score (nSPS) is 11.0. The van der Waals surface area contributed by atoms with Crippen molar-refractivity contribution in [2.24, 2.45) is 0 Å². The van der Waals surface area contributed by atoms with E-state index in [1.54, 1.807) is 28.7 Å². The van der Waals surface area contributed by atoms with Crippen molar-refractivity contribution in [3.05, 3.63) is 65.2 Å². The molecule has 0 aliphatic heterocycles. The lowest BCUT2D eigenvalue weighted by Gasteiger charge is -2.18. The summed E-state index contributed by atoms with van der Waals surface area (Å²) in [6, 6.07) is 11.6. The van der Waals surface area contributed by atoms with Crippen molar-refractivity contribution in [2.75, 3.05) is 6.54 Å². The number of aryl methyl sites for hydroxylation is 1. The van der Waals surface area contributed by atoms with Crippen LogP contribution < -0.4 is 0 Å². The van der Waals surface area contributed by atoms with Gasteiger partial charge < -0.3 is 13.7 Å². The second kappa shape index (κ2) is 8.40. The summed E-state index contributed by atoms with van der Waals surface area (Å²) in [7, 11) is 0. The van der Waals surface area contributed by atoms with E-state index in [4.69, 9.17) is 8.83 Å². The molecule has 0 saturated carbocycles. The molecule has 0 atom stereocenters. The summed E-state index contributed by atoms with van der Waals surface area (Å²) in [6.45, 7) is 4.84. The second-order valence-corrected chi connectivity index (χ2v) is 7.47. The third kappa shape index (κ3) is 4.27. The molecule has 0 aliphatic rings. The van der Waals surface area contributed by atoms with E-state index in [1.165, 1.54) is 16.9 Å². The van der Waals surface area contributed by atoms with Gasteiger partial charge in [-0.3, -0.25) is 4.79 Å². The largest absolute Gasteiger partial charge is 0.459 e. The molecule has 1 amide bonds. The zero-order chi connectivity index (χ0) is 20.2. The van der Waals surface area contributed by atoms with Crippen molar-refractivity contribution in [2.45, 2.75) is 26.8 Å². The van der Waals surface area contributed by atoms with Crippen molar-refractivity contribution < 1.29 is 13.6 Å². The van der Waals surface area contributed by atoms with Gasteiger partial charge in [-0.2, -0.15) is 0 Å². The fraction of sp³-hybridized carbons (Fsp3) is 0.238. The summed E-state index contributed by atoms with van der Waals surface area (Å²) >= 11 is 1.46. The molecule has 148 valence electrons. The third-order valence-corrected chi connectivity index (χ3v) is 5.22. The molecule has 4 rings (SSSR count). The lowest BCUT2D eigenvalue weighted by molar-refractivity contribution is 0.0723. The Labute approximate surface area is 172 Å². The number of hydrogen-bond donors (Lipinski definition) is 0. The van der Waals surface area contributed by atoms with Gasteiger partial charge in [-0.05, 0) is 25.5 Å². The number of benzene rings is 1. The van der Waals surface area contributed by atoms with E-state index in [1.807, 2.05) is 38.1 Å². The summed E-state index contributed by atoms with van der Waals surface area (Å²) in [5, 5.41) is 10.7. The number of carbonyl (C=O) groups is 1. The SMILES string of the molecule is CCCN(Cc1nnc(-c2ccco2)o1)C(=O)c1csc(-c2ccc(C)cc2)n1. The first-order chi connectivity index (χ1) is 14.1. The van der Waals surface area contributed by atoms with E-state index < -0.39 is 0 Å². The number of aromatic nitrogens is 3. The molecule has 0 N–H and O–H groups in total. The number of furan rings is 1. The highest BCUT2D eigenvalue weighted by molar-refractivity contribution is 7.13. The number of hydrogen-bond acceptors (Lipinski definition) is 7. The van der Waals surface area contributed by atoms with Crippen molar-refractivity contribution in [1.29, 1.82) is 0 Å². The van der Waals surface area contributed by atoms with Gasteiger partial charge in [0, 0.05) is 17.5 Å². The van der Waals surface area contributed by atoms with Gasteiger partial charge >= 0.3 is 0 Å². The predicted molar refractivity (Wildman–Crippen MR) is 109 cm³/mol. The predicted octanol–water partition coefficient (Wildman–Crippen LogP) is 4.81. The molecule has 0 aliphatic carbocycles. The maximum Gasteiger partial charge on any atom is 0.283 e. The number of amides is 1. The summed E-state index contributed by atoms with van der Waals surface area (Å²) < 4.78 is 10.9. The van der Waals surface area contributed by atoms with Crippen molar-refractivity contribution in [3.63, 3.8) is 0 Å². The average molecular weight is 408 g/mol. The van der Waals surface area contributed by atoms with Crippen LogP contribution in [0.1, 0.15) is 35.3 Å². The summed E-state index contributed by atoms with van der Waals surface area (Å²) in [4.78, 5) is 19.3. The van der Waals surface area contributed by atoms with Gasteiger partial charge in [0.25, 0.3) is 11.8 Å². The Kier molecular flexibility index (Phi) is 5.53. The maximum absolute atomic E-state index is 13.0. The van der Waals surface area contributed by atoms with Crippen LogP contribution in [0, 0.1) is 6.92 Å². The van der Waals surface area contributed by atoms with E-state index in [9.17, 15) is 4.79 Å². The van der Waals surface area contributed by atoms with Crippen LogP contribution in [-0.4, -0.2) is 32.5 Å². The first-order valence-electron chi connectivity index (χ1n) is 9.32. The van der Waals surface area contributed by atoms with Crippen LogP contribution in [0.2, 0.25) is 0 Å². The molecule has 0 radical (unpaired) electrons. The number of carbonyl (C=O) groups excluding carboxylic acids is 1. The molecule has 3 heterocycles. The van der Waals surface area contributed by atoms with Crippen LogP contribution in [0.3, 0.4) is 0 Å². The quantitative estimate of drug-likeness (QED) is 0.436. The fourth-order valence-electron chi connectivity index (χ4n) is 2.87. The molecule has 7 nitrogen and oxygen atoms in total. The minimum absolute atomic E-state index is 0.154. The number of rotatable bonds is 7. The minimum Gasteiger partial charge on any atom is -0.459 e. The molecule has 0 unspecified atom stereocenters. The van der Waals surface area contributed by atoms with Crippen LogP contribution in [0.15, 0.2) is 56.9 Å². The van der Waals surface area contributed by atoms with Gasteiger partial charge in [0.2, 0.25) is 5.89 Å². The highest BCUT2D eigenvalue weighted by atomic mass is 32.1. The zero-order valence-electron chi connectivity index (χ0n) is 16.2. The molecule has 1 aromatic carbocycles. The van der Waals surface area contributed by atoms with E-state index in [-0.39, 0.29) is 12.5 Å². The molecule has 8 heteroatoms. The average Bonchev–Trinajstić information content (AvgIpc) is 3.48. The molecular weight excluding hydrogens is 388 g/mol. The van der Waals surface area contributed by atoms with Gasteiger partial charge in [0.15, 0.2) is 5.76 Å². The van der Waals surface area contributed by atoms with Crippen molar-refractivity contribution in [1.82, 2.24) is 20.1 Å². The second-order valence-electron chi connectivity index (χ2n) is 6.61. The van der Waals surface area contributed by atoms with Crippen molar-refractivity contribution in [3.8, 4) is 22.2 Å². The molecule has 0 fully saturated rings. The molecule has 29 heavy (non-hydrogen) atoms. The van der Waals surface area contributed by atoms with E-state index in [0.29, 0.717) is 29.8 Å². The van der Waals surface area contributed by atoms with Crippen molar-refractivity contribution >= 4 is 17.2 Å². The topological polar surface area (TPSA) is 85.3 Å². The molecule has 0 spiro atoms. The Morgan fingerprint density at radius 2 is 2.00 bits per heavy atom. The molecule has 4 aromatic rings. The standard InChI is InChI=1S/C21H20N4O3S/c1-3-10-25(12-18-23-24-19(28-18)17-5-4-11-27-17)21(26)16-13-29-20(22-16)15-8-6-14(2)7-9-15/h4-9,11,13H,3,10,12H2,1-2H3. The minimum atomic E-state index is -0.154. The molecular formula is C21H20N4O3S. The maximum atomic E-state index is 13.0. The smallest absolute Gasteiger partial charge is 0.283 e. The monoisotopic (exact) mass is 408 g/mol. The van der Waals surface area contributed by atoms with Gasteiger partial charge in [-0.25, -0.2) is 4.98 Å². The first kappa shape index (κ1) is 19.1. The Morgan fingerprint density at radius 1 is 1.17 bits per heavy atom. The first-order valence-corrected chi connectivity index (χ1v) is 10.2. The Balaban J connectivity index is 1.51. The van der Waals surface area contributed by atoms with Gasteiger partial charge in [0.05, 0.1) is 12.8 Å². The lowest BCUT2D eigenvalue weighted by Crippen LogP contribution is -2.31. The Morgan fingerprint density at radius 3 is 2.72 bits per heavy atom. The summed E-state index contributed by atoms with van der Waals surface area (Å²) in [6.07, 6.45) is 2.35. The summed E-state index contributed by atoms with van der Waals surface area (Å²) in [5.74, 6) is 0.995. The fourth-order valence-corrected chi connectivity index (χ4v) is 3.67. The van der Waals surface area contributed by atoms with Crippen LogP contribution in [0.4, 0.5) is 0 Å². The van der Waals surface area contributed by atoms with Gasteiger partial charge in [-0.15, -0.1) is 21.5 Å².